The van der Waals surface area contributed by atoms with Crippen LogP contribution in [0.4, 0.5) is 0 Å². The number of ether oxygens (including phenoxy) is 1. The molecule has 204 valence electrons. The Labute approximate surface area is 249 Å². The monoisotopic (exact) mass is 587 g/mol. The van der Waals surface area contributed by atoms with Crippen LogP contribution in [0.3, 0.4) is 0 Å². The molecule has 0 N–H and O–H groups in total. The van der Waals surface area contributed by atoms with Crippen molar-refractivity contribution in [3.8, 4) is 22.7 Å². The second-order valence-corrected chi connectivity index (χ2v) is 11.6. The van der Waals surface area contributed by atoms with Crippen molar-refractivity contribution in [2.24, 2.45) is 0 Å². The molecule has 1 amide bonds. The maximum Gasteiger partial charge on any atom is 0.266 e. The summed E-state index contributed by atoms with van der Waals surface area (Å²) in [5.41, 5.74) is 4.31. The molecule has 4 aromatic rings. The minimum Gasteiger partial charge on any atom is -0.489 e. The Bertz CT molecular complexity index is 1530. The highest BCUT2D eigenvalue weighted by atomic mass is 35.5. The number of hydrogen-bond acceptors (Lipinski definition) is 5. The van der Waals surface area contributed by atoms with Gasteiger partial charge in [-0.1, -0.05) is 110 Å². The molecule has 0 bridgehead atoms. The number of rotatable bonds is 11. The van der Waals surface area contributed by atoms with Crippen LogP contribution in [-0.4, -0.2) is 31.5 Å². The van der Waals surface area contributed by atoms with Gasteiger partial charge < -0.3 is 4.74 Å². The number of unbranched alkanes of at least 4 members (excludes halogenated alkanes) is 3. The molecule has 40 heavy (non-hydrogen) atoms. The summed E-state index contributed by atoms with van der Waals surface area (Å²) < 4.78 is 8.53. The van der Waals surface area contributed by atoms with E-state index in [0.29, 0.717) is 33.1 Å². The van der Waals surface area contributed by atoms with Gasteiger partial charge in [-0.05, 0) is 42.8 Å². The predicted molar refractivity (Wildman–Crippen MR) is 169 cm³/mol. The molecule has 1 fully saturated rings. The molecule has 5 nitrogen and oxygen atoms in total. The maximum absolute atomic E-state index is 13.3. The molecule has 0 atom stereocenters. The summed E-state index contributed by atoms with van der Waals surface area (Å²) in [4.78, 5) is 15.6. The first kappa shape index (κ1) is 28.1. The van der Waals surface area contributed by atoms with Crippen molar-refractivity contribution in [3.05, 3.63) is 106 Å². The highest BCUT2D eigenvalue weighted by molar-refractivity contribution is 8.26. The fraction of sp³-hybridized carbons (Fsp3) is 0.219. The van der Waals surface area contributed by atoms with Crippen molar-refractivity contribution in [3.63, 3.8) is 0 Å². The Morgan fingerprint density at radius 1 is 1.00 bits per heavy atom. The van der Waals surface area contributed by atoms with Crippen molar-refractivity contribution in [2.75, 3.05) is 6.54 Å². The third-order valence-electron chi connectivity index (χ3n) is 6.62. The molecule has 5 rings (SSSR count). The lowest BCUT2D eigenvalue weighted by atomic mass is 10.1. The molecule has 1 aliphatic rings. The number of thiocarbonyl (C=S) groups is 1. The van der Waals surface area contributed by atoms with Crippen molar-refractivity contribution in [1.82, 2.24) is 14.7 Å². The van der Waals surface area contributed by atoms with E-state index in [0.717, 1.165) is 53.8 Å². The maximum atomic E-state index is 13.3. The lowest BCUT2D eigenvalue weighted by molar-refractivity contribution is -0.122. The van der Waals surface area contributed by atoms with Crippen LogP contribution in [0.15, 0.2) is 90.0 Å². The Hall–Kier alpha value is -3.39. The van der Waals surface area contributed by atoms with Crippen LogP contribution < -0.4 is 4.74 Å². The molecule has 1 aliphatic heterocycles. The Morgan fingerprint density at radius 2 is 1.80 bits per heavy atom. The van der Waals surface area contributed by atoms with Crippen LogP contribution in [0, 0.1) is 0 Å². The van der Waals surface area contributed by atoms with Gasteiger partial charge in [0.1, 0.15) is 22.4 Å². The van der Waals surface area contributed by atoms with Crippen LogP contribution in [0.1, 0.15) is 43.7 Å². The minimum absolute atomic E-state index is 0.0401. The summed E-state index contributed by atoms with van der Waals surface area (Å²) in [6.45, 7) is 3.19. The summed E-state index contributed by atoms with van der Waals surface area (Å²) in [5, 5.41) is 5.60. The number of carbonyl (C=O) groups is 1. The topological polar surface area (TPSA) is 47.4 Å². The van der Waals surface area contributed by atoms with Crippen LogP contribution in [-0.2, 0) is 11.4 Å². The van der Waals surface area contributed by atoms with E-state index < -0.39 is 0 Å². The van der Waals surface area contributed by atoms with Gasteiger partial charge in [-0.15, -0.1) is 0 Å². The molecule has 2 heterocycles. The lowest BCUT2D eigenvalue weighted by Gasteiger charge is -2.13. The first-order valence-corrected chi connectivity index (χ1v) is 15.0. The average molecular weight is 588 g/mol. The van der Waals surface area contributed by atoms with Gasteiger partial charge in [0.2, 0.25) is 0 Å². The normalized spacial score (nSPS) is 14.3. The van der Waals surface area contributed by atoms with E-state index in [9.17, 15) is 4.79 Å². The second kappa shape index (κ2) is 13.3. The van der Waals surface area contributed by atoms with Crippen molar-refractivity contribution >= 4 is 51.9 Å². The van der Waals surface area contributed by atoms with E-state index in [1.165, 1.54) is 11.8 Å². The van der Waals surface area contributed by atoms with Crippen molar-refractivity contribution < 1.29 is 9.53 Å². The number of hydrogen-bond donors (Lipinski definition) is 0. The molecule has 0 saturated carbocycles. The molecule has 0 spiro atoms. The Balaban J connectivity index is 1.45. The highest BCUT2D eigenvalue weighted by Gasteiger charge is 2.32. The van der Waals surface area contributed by atoms with Crippen LogP contribution in [0.25, 0.3) is 23.0 Å². The quantitative estimate of drug-likeness (QED) is 0.0999. The molecular formula is C32H30ClN3O2S2. The standard InChI is InChI=1S/C32H30ClN3O2S2/c1-2-3-4-10-18-35-31(37)29(40-32(35)39)20-25-21-36(26-14-6-5-7-15-26)34-30(25)23-13-11-16-27(19-23)38-22-24-12-8-9-17-28(24)33/h5-9,11-17,19-21H,2-4,10,18,22H2,1H3. The van der Waals surface area contributed by atoms with E-state index >= 15 is 0 Å². The summed E-state index contributed by atoms with van der Waals surface area (Å²) in [7, 11) is 0. The largest absolute Gasteiger partial charge is 0.489 e. The molecule has 1 saturated heterocycles. The van der Waals surface area contributed by atoms with E-state index in [1.807, 2.05) is 95.8 Å². The zero-order valence-corrected chi connectivity index (χ0v) is 24.6. The molecule has 0 radical (unpaired) electrons. The minimum atomic E-state index is -0.0401. The number of carbonyl (C=O) groups excluding carboxylic acids is 1. The molecule has 0 unspecified atom stereocenters. The molecule has 1 aromatic heterocycles. The lowest BCUT2D eigenvalue weighted by Crippen LogP contribution is -2.29. The fourth-order valence-corrected chi connectivity index (χ4v) is 5.96. The highest BCUT2D eigenvalue weighted by Crippen LogP contribution is 2.36. The van der Waals surface area contributed by atoms with Gasteiger partial charge >= 0.3 is 0 Å². The number of para-hydroxylation sites is 1. The second-order valence-electron chi connectivity index (χ2n) is 9.52. The third-order valence-corrected chi connectivity index (χ3v) is 8.36. The number of halogens is 1. The van der Waals surface area contributed by atoms with Crippen LogP contribution >= 0.6 is 35.6 Å². The molecule has 3 aromatic carbocycles. The van der Waals surface area contributed by atoms with E-state index in [2.05, 4.69) is 6.92 Å². The summed E-state index contributed by atoms with van der Waals surface area (Å²) >= 11 is 13.2. The average Bonchev–Trinajstić information content (AvgIpc) is 3.51. The number of aromatic nitrogens is 2. The van der Waals surface area contributed by atoms with Gasteiger partial charge in [-0.25, -0.2) is 4.68 Å². The fourth-order valence-electron chi connectivity index (χ4n) is 4.47. The smallest absolute Gasteiger partial charge is 0.266 e. The predicted octanol–water partition coefficient (Wildman–Crippen LogP) is 8.55. The molecular weight excluding hydrogens is 558 g/mol. The summed E-state index contributed by atoms with van der Waals surface area (Å²) in [6.07, 6.45) is 8.22. The van der Waals surface area contributed by atoms with E-state index in [-0.39, 0.29) is 5.91 Å². The number of thioether (sulfide) groups is 1. The van der Waals surface area contributed by atoms with Crippen LogP contribution in [0.2, 0.25) is 5.02 Å². The SMILES string of the molecule is CCCCCCN1C(=O)C(=Cc2cn(-c3ccccc3)nc2-c2cccc(OCc3ccccc3Cl)c2)SC1=S. The zero-order chi connectivity index (χ0) is 27.9. The first-order valence-electron chi connectivity index (χ1n) is 13.4. The third kappa shape index (κ3) is 6.66. The first-order chi connectivity index (χ1) is 19.5. The number of nitrogens with zero attached hydrogens (tertiary/aromatic N) is 3. The summed E-state index contributed by atoms with van der Waals surface area (Å²) in [5.74, 6) is 0.665. The van der Waals surface area contributed by atoms with Crippen molar-refractivity contribution in [2.45, 2.75) is 39.2 Å². The van der Waals surface area contributed by atoms with Crippen LogP contribution in [0.5, 0.6) is 5.75 Å². The van der Waals surface area contributed by atoms with Gasteiger partial charge in [0.25, 0.3) is 5.91 Å². The molecule has 8 heteroatoms. The van der Waals surface area contributed by atoms with E-state index in [4.69, 9.17) is 33.7 Å². The van der Waals surface area contributed by atoms with Gasteiger partial charge in [-0.3, -0.25) is 9.69 Å². The number of benzene rings is 3. The number of amides is 1. The van der Waals surface area contributed by atoms with Gasteiger partial charge in [-0.2, -0.15) is 5.10 Å². The van der Waals surface area contributed by atoms with Crippen molar-refractivity contribution in [1.29, 1.82) is 0 Å². The van der Waals surface area contributed by atoms with E-state index in [1.54, 1.807) is 4.90 Å². The Kier molecular flexibility index (Phi) is 9.37. The van der Waals surface area contributed by atoms with Gasteiger partial charge in [0.05, 0.1) is 10.6 Å². The zero-order valence-electron chi connectivity index (χ0n) is 22.3. The van der Waals surface area contributed by atoms with Gasteiger partial charge in [0.15, 0.2) is 0 Å². The summed E-state index contributed by atoms with van der Waals surface area (Å²) in [6, 6.07) is 25.4. The Morgan fingerprint density at radius 3 is 2.60 bits per heavy atom. The molecule has 0 aliphatic carbocycles. The van der Waals surface area contributed by atoms with Gasteiger partial charge in [0, 0.05) is 34.5 Å².